The topological polar surface area (TPSA) is 55.6 Å². The van der Waals surface area contributed by atoms with Crippen LogP contribution in [0.15, 0.2) is 53.6 Å². The molecule has 1 amide bonds. The maximum atomic E-state index is 12.0. The van der Waals surface area contributed by atoms with Crippen LogP contribution in [0.2, 0.25) is 15.1 Å². The van der Waals surface area contributed by atoms with Crippen molar-refractivity contribution in [3.05, 3.63) is 80.6 Å². The van der Waals surface area contributed by atoms with Crippen LogP contribution in [0, 0.1) is 13.8 Å². The number of carbonyl (C=O) groups is 1. The minimum atomic E-state index is -0.410. The van der Waals surface area contributed by atoms with E-state index in [4.69, 9.17) is 39.5 Å². The summed E-state index contributed by atoms with van der Waals surface area (Å²) in [5.41, 5.74) is 6.16. The second-order valence-electron chi connectivity index (χ2n) is 6.27. The van der Waals surface area contributed by atoms with Crippen LogP contribution in [-0.4, -0.2) is 23.3 Å². The van der Waals surface area contributed by atoms with Gasteiger partial charge in [-0.1, -0.05) is 46.9 Å². The first-order valence-electron chi connectivity index (χ1n) is 8.70. The molecule has 0 aliphatic carbocycles. The van der Waals surface area contributed by atoms with Gasteiger partial charge in [0.15, 0.2) is 6.61 Å². The van der Waals surface area contributed by atoms with E-state index in [0.29, 0.717) is 20.8 Å². The van der Waals surface area contributed by atoms with Crippen LogP contribution in [0.3, 0.4) is 0 Å². The van der Waals surface area contributed by atoms with Gasteiger partial charge in [-0.2, -0.15) is 5.10 Å². The highest BCUT2D eigenvalue weighted by Gasteiger charge is 2.12. The number of amides is 1. The Morgan fingerprint density at radius 2 is 1.86 bits per heavy atom. The number of aromatic nitrogens is 1. The number of rotatable bonds is 6. The molecule has 2 aromatic carbocycles. The van der Waals surface area contributed by atoms with Crippen LogP contribution < -0.4 is 10.2 Å². The van der Waals surface area contributed by atoms with E-state index in [1.807, 2.05) is 48.7 Å². The fourth-order valence-electron chi connectivity index (χ4n) is 2.86. The van der Waals surface area contributed by atoms with E-state index in [9.17, 15) is 4.79 Å². The first kappa shape index (κ1) is 21.2. The Kier molecular flexibility index (Phi) is 6.85. The van der Waals surface area contributed by atoms with Crippen LogP contribution in [0.4, 0.5) is 0 Å². The van der Waals surface area contributed by atoms with Gasteiger partial charge in [-0.3, -0.25) is 4.79 Å². The van der Waals surface area contributed by atoms with Gasteiger partial charge in [-0.15, -0.1) is 0 Å². The summed E-state index contributed by atoms with van der Waals surface area (Å²) in [6.45, 7) is 3.72. The minimum absolute atomic E-state index is 0.225. The molecule has 150 valence electrons. The third-order valence-electron chi connectivity index (χ3n) is 4.21. The van der Waals surface area contributed by atoms with Crippen molar-refractivity contribution in [1.29, 1.82) is 0 Å². The molecule has 0 saturated heterocycles. The lowest BCUT2D eigenvalue weighted by Gasteiger charge is -2.11. The Morgan fingerprint density at radius 1 is 1.10 bits per heavy atom. The molecule has 0 spiro atoms. The van der Waals surface area contributed by atoms with E-state index in [1.54, 1.807) is 24.4 Å². The fraction of sp³-hybridized carbons (Fsp3) is 0.143. The number of benzene rings is 2. The molecule has 0 radical (unpaired) electrons. The zero-order valence-electron chi connectivity index (χ0n) is 15.7. The van der Waals surface area contributed by atoms with E-state index in [2.05, 4.69) is 10.5 Å². The molecule has 1 N–H and O–H groups in total. The standard InChI is InChI=1S/C21H18Cl3N3O2/c1-13-9-15(14(2)27(13)19-6-4-3-5-17(19)23)11-25-26-21(28)12-29-20-8-7-16(22)10-18(20)24/h3-11H,12H2,1-2H3,(H,26,28)/b25-11+. The normalized spacial score (nSPS) is 11.1. The van der Waals surface area contributed by atoms with Gasteiger partial charge in [0.1, 0.15) is 5.75 Å². The number of nitrogens with zero attached hydrogens (tertiary/aromatic N) is 2. The molecule has 0 aliphatic rings. The highest BCUT2D eigenvalue weighted by atomic mass is 35.5. The fourth-order valence-corrected chi connectivity index (χ4v) is 3.55. The molecule has 0 fully saturated rings. The van der Waals surface area contributed by atoms with E-state index < -0.39 is 5.91 Å². The molecule has 8 heteroatoms. The number of aryl methyl sites for hydroxylation is 1. The van der Waals surface area contributed by atoms with Gasteiger partial charge in [0, 0.05) is 22.0 Å². The predicted octanol–water partition coefficient (Wildman–Crippen LogP) is 5.58. The first-order chi connectivity index (χ1) is 13.9. The van der Waals surface area contributed by atoms with E-state index in [1.165, 1.54) is 0 Å². The van der Waals surface area contributed by atoms with Crippen molar-refractivity contribution < 1.29 is 9.53 Å². The Labute approximate surface area is 183 Å². The van der Waals surface area contributed by atoms with Crippen molar-refractivity contribution in [3.63, 3.8) is 0 Å². The summed E-state index contributed by atoms with van der Waals surface area (Å²) in [6, 6.07) is 14.4. The van der Waals surface area contributed by atoms with Gasteiger partial charge in [-0.05, 0) is 50.2 Å². The predicted molar refractivity (Wildman–Crippen MR) is 118 cm³/mol. The molecular weight excluding hydrogens is 433 g/mol. The number of ether oxygens (including phenoxy) is 1. The lowest BCUT2D eigenvalue weighted by Crippen LogP contribution is -2.24. The zero-order chi connectivity index (χ0) is 21.0. The van der Waals surface area contributed by atoms with Crippen LogP contribution in [0.5, 0.6) is 5.75 Å². The number of halogens is 3. The third-order valence-corrected chi connectivity index (χ3v) is 5.06. The molecule has 0 saturated carbocycles. The second kappa shape index (κ2) is 9.35. The van der Waals surface area contributed by atoms with Gasteiger partial charge in [0.2, 0.25) is 0 Å². The molecule has 1 heterocycles. The van der Waals surface area contributed by atoms with Gasteiger partial charge in [0.05, 0.1) is 21.9 Å². The monoisotopic (exact) mass is 449 g/mol. The quantitative estimate of drug-likeness (QED) is 0.393. The average molecular weight is 451 g/mol. The van der Waals surface area contributed by atoms with E-state index in [-0.39, 0.29) is 6.61 Å². The number of carbonyl (C=O) groups excluding carboxylic acids is 1. The zero-order valence-corrected chi connectivity index (χ0v) is 18.0. The highest BCUT2D eigenvalue weighted by molar-refractivity contribution is 6.35. The maximum absolute atomic E-state index is 12.0. The number of hydrogen-bond donors (Lipinski definition) is 1. The summed E-state index contributed by atoms with van der Waals surface area (Å²) in [4.78, 5) is 12.0. The average Bonchev–Trinajstić information content (AvgIpc) is 2.95. The van der Waals surface area contributed by atoms with Crippen LogP contribution >= 0.6 is 34.8 Å². The minimum Gasteiger partial charge on any atom is -0.482 e. The summed E-state index contributed by atoms with van der Waals surface area (Å²) in [5.74, 6) is -0.0364. The van der Waals surface area contributed by atoms with Crippen molar-refractivity contribution in [3.8, 4) is 11.4 Å². The van der Waals surface area contributed by atoms with Crippen molar-refractivity contribution in [2.75, 3.05) is 6.61 Å². The molecular formula is C21H18Cl3N3O2. The first-order valence-corrected chi connectivity index (χ1v) is 9.84. The lowest BCUT2D eigenvalue weighted by atomic mass is 10.2. The van der Waals surface area contributed by atoms with Gasteiger partial charge >= 0.3 is 0 Å². The number of nitrogens with one attached hydrogen (secondary N) is 1. The Bertz CT molecular complexity index is 1080. The summed E-state index contributed by atoms with van der Waals surface area (Å²) in [5, 5.41) is 5.50. The molecule has 0 bridgehead atoms. The van der Waals surface area contributed by atoms with Crippen LogP contribution in [-0.2, 0) is 4.79 Å². The molecule has 0 atom stereocenters. The summed E-state index contributed by atoms with van der Waals surface area (Å²) in [7, 11) is 0. The Morgan fingerprint density at radius 3 is 2.59 bits per heavy atom. The highest BCUT2D eigenvalue weighted by Crippen LogP contribution is 2.27. The van der Waals surface area contributed by atoms with Crippen molar-refractivity contribution in [2.45, 2.75) is 13.8 Å². The third kappa shape index (κ3) is 5.12. The summed E-state index contributed by atoms with van der Waals surface area (Å²) < 4.78 is 7.42. The molecule has 29 heavy (non-hydrogen) atoms. The smallest absolute Gasteiger partial charge is 0.277 e. The van der Waals surface area contributed by atoms with Gasteiger partial charge in [0.25, 0.3) is 5.91 Å². The number of para-hydroxylation sites is 1. The van der Waals surface area contributed by atoms with E-state index in [0.717, 1.165) is 22.6 Å². The van der Waals surface area contributed by atoms with Crippen molar-refractivity contribution >= 4 is 46.9 Å². The van der Waals surface area contributed by atoms with Crippen LogP contribution in [0.25, 0.3) is 5.69 Å². The molecule has 3 rings (SSSR count). The number of hydrogen-bond acceptors (Lipinski definition) is 3. The summed E-state index contributed by atoms with van der Waals surface area (Å²) in [6.07, 6.45) is 1.59. The SMILES string of the molecule is Cc1cc(/C=N/NC(=O)COc2ccc(Cl)cc2Cl)c(C)n1-c1ccccc1Cl. The van der Waals surface area contributed by atoms with E-state index >= 15 is 0 Å². The van der Waals surface area contributed by atoms with Crippen molar-refractivity contribution in [1.82, 2.24) is 9.99 Å². The molecule has 3 aromatic rings. The van der Waals surface area contributed by atoms with Gasteiger partial charge in [-0.25, -0.2) is 5.43 Å². The van der Waals surface area contributed by atoms with Crippen LogP contribution in [0.1, 0.15) is 17.0 Å². The maximum Gasteiger partial charge on any atom is 0.277 e. The van der Waals surface area contributed by atoms with Crippen molar-refractivity contribution in [2.24, 2.45) is 5.10 Å². The number of hydrazone groups is 1. The summed E-state index contributed by atoms with van der Waals surface area (Å²) >= 11 is 18.2. The lowest BCUT2D eigenvalue weighted by molar-refractivity contribution is -0.123. The molecule has 0 unspecified atom stereocenters. The molecule has 1 aromatic heterocycles. The molecule has 0 aliphatic heterocycles. The van der Waals surface area contributed by atoms with Gasteiger partial charge < -0.3 is 9.30 Å². The Hall–Kier alpha value is -2.47. The Balaban J connectivity index is 1.64. The molecule has 5 nitrogen and oxygen atoms in total. The largest absolute Gasteiger partial charge is 0.482 e. The second-order valence-corrected chi connectivity index (χ2v) is 7.52.